The van der Waals surface area contributed by atoms with Crippen LogP contribution in [0.3, 0.4) is 0 Å². The minimum absolute atomic E-state index is 0.207. The molecule has 2 N–H and O–H groups in total. The molecule has 0 atom stereocenters. The van der Waals surface area contributed by atoms with Gasteiger partial charge in [0.15, 0.2) is 0 Å². The molecule has 4 heteroatoms. The summed E-state index contributed by atoms with van der Waals surface area (Å²) in [6, 6.07) is 2.36. The van der Waals surface area contributed by atoms with Gasteiger partial charge in [0.2, 0.25) is 5.95 Å². The van der Waals surface area contributed by atoms with Crippen molar-refractivity contribution in [3.05, 3.63) is 22.6 Å². The summed E-state index contributed by atoms with van der Waals surface area (Å²) in [4.78, 5) is 14.3. The van der Waals surface area contributed by atoms with Crippen LogP contribution in [-0.4, -0.2) is 9.55 Å². The second-order valence-corrected chi connectivity index (χ2v) is 1.62. The molecule has 0 spiro atoms. The lowest BCUT2D eigenvalue weighted by molar-refractivity contribution is 0.840. The zero-order valence-electron chi connectivity index (χ0n) is 4.96. The molecule has 0 saturated heterocycles. The average Bonchev–Trinajstić information content (AvgIpc) is 1.83. The van der Waals surface area contributed by atoms with Gasteiger partial charge in [-0.05, 0) is 0 Å². The minimum Gasteiger partial charge on any atom is -0.369 e. The van der Waals surface area contributed by atoms with Crippen molar-refractivity contribution in [1.29, 1.82) is 0 Å². The van der Waals surface area contributed by atoms with Crippen LogP contribution < -0.4 is 11.3 Å². The van der Waals surface area contributed by atoms with E-state index in [1.807, 2.05) is 0 Å². The Morgan fingerprint density at radius 1 is 1.89 bits per heavy atom. The van der Waals surface area contributed by atoms with Crippen molar-refractivity contribution in [3.8, 4) is 0 Å². The van der Waals surface area contributed by atoms with Crippen molar-refractivity contribution in [2.75, 3.05) is 5.73 Å². The molecule has 0 aromatic carbocycles. The van der Waals surface area contributed by atoms with Gasteiger partial charge in [-0.15, -0.1) is 0 Å². The van der Waals surface area contributed by atoms with Crippen molar-refractivity contribution in [1.82, 2.24) is 9.55 Å². The summed E-state index contributed by atoms with van der Waals surface area (Å²) in [7, 11) is 1.54. The smallest absolute Gasteiger partial charge is 0.262 e. The highest BCUT2D eigenvalue weighted by atomic mass is 16.1. The number of rotatable bonds is 0. The van der Waals surface area contributed by atoms with Gasteiger partial charge in [-0.25, -0.2) is 4.98 Å². The first-order valence-corrected chi connectivity index (χ1v) is 2.41. The standard InChI is InChI=1S/C5H6N3O/c1-8-4(9)2-3-7-5(8)6/h3H,1H3,(H2,6,7). The zero-order valence-corrected chi connectivity index (χ0v) is 4.96. The molecule has 1 aromatic heterocycles. The molecule has 0 fully saturated rings. The van der Waals surface area contributed by atoms with Gasteiger partial charge in [0.25, 0.3) is 5.56 Å². The molecular weight excluding hydrogens is 118 g/mol. The summed E-state index contributed by atoms with van der Waals surface area (Å²) in [5, 5.41) is 0. The normalized spacial score (nSPS) is 9.44. The Hall–Kier alpha value is -1.32. The molecule has 0 aliphatic rings. The van der Waals surface area contributed by atoms with Crippen LogP contribution in [0.1, 0.15) is 0 Å². The van der Waals surface area contributed by atoms with E-state index >= 15 is 0 Å². The fourth-order valence-electron chi connectivity index (χ4n) is 0.441. The van der Waals surface area contributed by atoms with Crippen molar-refractivity contribution in [3.63, 3.8) is 0 Å². The van der Waals surface area contributed by atoms with Crippen LogP contribution in [0.5, 0.6) is 0 Å². The number of nitrogens with two attached hydrogens (primary N) is 1. The van der Waals surface area contributed by atoms with Crippen molar-refractivity contribution in [2.45, 2.75) is 0 Å². The molecule has 0 aliphatic heterocycles. The average molecular weight is 124 g/mol. The Balaban J connectivity index is 3.43. The summed E-state index contributed by atoms with van der Waals surface area (Å²) in [5.41, 5.74) is 4.99. The van der Waals surface area contributed by atoms with Gasteiger partial charge in [-0.2, -0.15) is 0 Å². The van der Waals surface area contributed by atoms with E-state index in [4.69, 9.17) is 5.73 Å². The molecule has 0 amide bonds. The van der Waals surface area contributed by atoms with E-state index < -0.39 is 0 Å². The first-order valence-electron chi connectivity index (χ1n) is 2.41. The maximum Gasteiger partial charge on any atom is 0.262 e. The number of nitrogens with zero attached hydrogens (tertiary/aromatic N) is 2. The summed E-state index contributed by atoms with van der Waals surface area (Å²) < 4.78 is 1.22. The fraction of sp³-hybridized carbons (Fsp3) is 0.200. The van der Waals surface area contributed by atoms with Crippen LogP contribution in [0.4, 0.5) is 5.95 Å². The second kappa shape index (κ2) is 1.89. The maximum atomic E-state index is 10.6. The van der Waals surface area contributed by atoms with E-state index in [-0.39, 0.29) is 11.5 Å². The molecule has 4 nitrogen and oxygen atoms in total. The van der Waals surface area contributed by atoms with Gasteiger partial charge < -0.3 is 5.73 Å². The van der Waals surface area contributed by atoms with Crippen LogP contribution in [0.25, 0.3) is 0 Å². The Bertz CT molecular complexity index is 265. The van der Waals surface area contributed by atoms with Gasteiger partial charge in [0, 0.05) is 13.2 Å². The van der Waals surface area contributed by atoms with E-state index in [0.29, 0.717) is 0 Å². The molecule has 0 bridgehead atoms. The largest absolute Gasteiger partial charge is 0.369 e. The van der Waals surface area contributed by atoms with Crippen molar-refractivity contribution < 1.29 is 0 Å². The maximum absolute atomic E-state index is 10.6. The Labute approximate surface area is 51.9 Å². The molecule has 9 heavy (non-hydrogen) atoms. The third-order valence-corrected chi connectivity index (χ3v) is 1.03. The molecule has 1 aromatic rings. The molecule has 0 saturated carbocycles. The summed E-state index contributed by atoms with van der Waals surface area (Å²) in [6.45, 7) is 0. The lowest BCUT2D eigenvalue weighted by Gasteiger charge is -1.96. The topological polar surface area (TPSA) is 60.9 Å². The molecule has 1 radical (unpaired) electrons. The number of anilines is 1. The molecular formula is C5H6N3O. The molecule has 47 valence electrons. The van der Waals surface area contributed by atoms with Gasteiger partial charge in [-0.1, -0.05) is 0 Å². The van der Waals surface area contributed by atoms with Crippen LogP contribution in [0.15, 0.2) is 11.0 Å². The van der Waals surface area contributed by atoms with Gasteiger partial charge in [0.05, 0.1) is 6.07 Å². The predicted octanol–water partition coefficient (Wildman–Crippen LogP) is -0.837. The van der Waals surface area contributed by atoms with Crippen LogP contribution in [0.2, 0.25) is 0 Å². The fourth-order valence-corrected chi connectivity index (χ4v) is 0.441. The van der Waals surface area contributed by atoms with E-state index in [1.165, 1.54) is 10.8 Å². The number of nitrogen functional groups attached to an aromatic ring is 1. The van der Waals surface area contributed by atoms with Gasteiger partial charge in [-0.3, -0.25) is 9.36 Å². The van der Waals surface area contributed by atoms with E-state index in [9.17, 15) is 4.79 Å². The highest BCUT2D eigenvalue weighted by molar-refractivity contribution is 5.14. The Kier molecular flexibility index (Phi) is 1.22. The molecule has 0 aliphatic carbocycles. The zero-order chi connectivity index (χ0) is 6.85. The minimum atomic E-state index is -0.262. The number of aromatic nitrogens is 2. The third kappa shape index (κ3) is 0.910. The van der Waals surface area contributed by atoms with Crippen molar-refractivity contribution in [2.24, 2.45) is 7.05 Å². The number of hydrogen-bond donors (Lipinski definition) is 1. The van der Waals surface area contributed by atoms with Gasteiger partial charge in [0.1, 0.15) is 0 Å². The molecule has 1 rings (SSSR count). The first kappa shape index (κ1) is 5.81. The van der Waals surface area contributed by atoms with Gasteiger partial charge >= 0.3 is 0 Å². The predicted molar refractivity (Wildman–Crippen MR) is 32.7 cm³/mol. The first-order chi connectivity index (χ1) is 4.22. The van der Waals surface area contributed by atoms with Crippen LogP contribution in [0, 0.1) is 6.07 Å². The summed E-state index contributed by atoms with van der Waals surface area (Å²) in [5.74, 6) is 0.207. The quantitative estimate of drug-likeness (QED) is 0.490. The molecule has 0 unspecified atom stereocenters. The third-order valence-electron chi connectivity index (χ3n) is 1.03. The SMILES string of the molecule is Cn1c(N)nc[c]c1=O. The molecule has 1 heterocycles. The van der Waals surface area contributed by atoms with Crippen LogP contribution >= 0.6 is 0 Å². The van der Waals surface area contributed by atoms with Crippen molar-refractivity contribution >= 4 is 5.95 Å². The highest BCUT2D eigenvalue weighted by Gasteiger charge is 1.91. The second-order valence-electron chi connectivity index (χ2n) is 1.62. The monoisotopic (exact) mass is 124 g/mol. The van der Waals surface area contributed by atoms with E-state index in [0.717, 1.165) is 0 Å². The number of hydrogen-bond acceptors (Lipinski definition) is 3. The Morgan fingerprint density at radius 2 is 2.56 bits per heavy atom. The van der Waals surface area contributed by atoms with E-state index in [2.05, 4.69) is 11.1 Å². The summed E-state index contributed by atoms with van der Waals surface area (Å²) >= 11 is 0. The highest BCUT2D eigenvalue weighted by Crippen LogP contribution is 1.83. The summed E-state index contributed by atoms with van der Waals surface area (Å²) in [6.07, 6.45) is 1.26. The lowest BCUT2D eigenvalue weighted by atomic mass is 10.6. The lowest BCUT2D eigenvalue weighted by Crippen LogP contribution is -2.19. The van der Waals surface area contributed by atoms with Crippen LogP contribution in [-0.2, 0) is 7.05 Å². The van der Waals surface area contributed by atoms with E-state index in [1.54, 1.807) is 7.05 Å². The Morgan fingerprint density at radius 3 is 3.00 bits per heavy atom.